The van der Waals surface area contributed by atoms with Gasteiger partial charge in [0, 0.05) is 4.88 Å². The van der Waals surface area contributed by atoms with E-state index in [1.165, 1.54) is 23.3 Å². The smallest absolute Gasteiger partial charge is 0.256 e. The molecule has 0 radical (unpaired) electrons. The Bertz CT molecular complexity index is 782. The summed E-state index contributed by atoms with van der Waals surface area (Å²) in [6.07, 6.45) is 4.38. The van der Waals surface area contributed by atoms with E-state index in [9.17, 15) is 4.79 Å². The SMILES string of the molecule is CCOc1ccc([C@@H]2NC(=O)c3c(sc4c3CC[C@H](CC)C4)N2)cc1. The Kier molecular flexibility index (Phi) is 4.42. The van der Waals surface area contributed by atoms with E-state index in [2.05, 4.69) is 17.6 Å². The number of ether oxygens (including phenoxy) is 1. The van der Waals surface area contributed by atoms with Crippen molar-refractivity contribution < 1.29 is 9.53 Å². The maximum atomic E-state index is 12.8. The third-order valence-electron chi connectivity index (χ3n) is 5.25. The molecule has 1 aliphatic heterocycles. The quantitative estimate of drug-likeness (QED) is 0.847. The molecule has 0 unspecified atom stereocenters. The van der Waals surface area contributed by atoms with E-state index in [1.807, 2.05) is 31.2 Å². The molecule has 0 saturated heterocycles. The van der Waals surface area contributed by atoms with Crippen LogP contribution < -0.4 is 15.4 Å². The van der Waals surface area contributed by atoms with Crippen molar-refractivity contribution in [3.8, 4) is 5.75 Å². The van der Waals surface area contributed by atoms with E-state index in [1.54, 1.807) is 11.3 Å². The zero-order valence-corrected chi connectivity index (χ0v) is 15.5. The van der Waals surface area contributed by atoms with Crippen LogP contribution in [0.1, 0.15) is 59.2 Å². The van der Waals surface area contributed by atoms with Crippen molar-refractivity contribution in [3.05, 3.63) is 45.8 Å². The first-order chi connectivity index (χ1) is 12.2. The van der Waals surface area contributed by atoms with Crippen molar-refractivity contribution >= 4 is 22.2 Å². The fraction of sp³-hybridized carbons (Fsp3) is 0.450. The average Bonchev–Trinajstić information content (AvgIpc) is 3.00. The van der Waals surface area contributed by atoms with Crippen molar-refractivity contribution in [2.75, 3.05) is 11.9 Å². The third-order valence-corrected chi connectivity index (χ3v) is 6.43. The van der Waals surface area contributed by atoms with Gasteiger partial charge in [-0.15, -0.1) is 11.3 Å². The number of thiophene rings is 1. The molecule has 2 aromatic rings. The fourth-order valence-electron chi connectivity index (χ4n) is 3.80. The minimum atomic E-state index is -0.183. The van der Waals surface area contributed by atoms with Crippen LogP contribution in [0.15, 0.2) is 24.3 Å². The van der Waals surface area contributed by atoms with Gasteiger partial charge in [0.25, 0.3) is 5.91 Å². The number of amides is 1. The molecule has 1 amide bonds. The van der Waals surface area contributed by atoms with Crippen LogP contribution in [0, 0.1) is 5.92 Å². The van der Waals surface area contributed by atoms with Gasteiger partial charge < -0.3 is 15.4 Å². The number of fused-ring (bicyclic) bond motifs is 3. The summed E-state index contributed by atoms with van der Waals surface area (Å²) < 4.78 is 5.50. The molecule has 2 N–H and O–H groups in total. The Hall–Kier alpha value is -2.01. The lowest BCUT2D eigenvalue weighted by atomic mass is 9.85. The fourth-order valence-corrected chi connectivity index (χ4v) is 5.19. The number of rotatable bonds is 4. The molecule has 4 nitrogen and oxygen atoms in total. The number of benzene rings is 1. The molecule has 4 rings (SSSR count). The molecule has 0 bridgehead atoms. The van der Waals surface area contributed by atoms with Gasteiger partial charge in [0.2, 0.25) is 0 Å². The molecule has 1 aromatic carbocycles. The van der Waals surface area contributed by atoms with Crippen LogP contribution in [0.25, 0.3) is 0 Å². The van der Waals surface area contributed by atoms with Crippen LogP contribution in [-0.4, -0.2) is 12.5 Å². The number of carbonyl (C=O) groups excluding carboxylic acids is 1. The summed E-state index contributed by atoms with van der Waals surface area (Å²) in [5.41, 5.74) is 3.21. The molecule has 25 heavy (non-hydrogen) atoms. The normalized spacial score (nSPS) is 21.8. The second kappa shape index (κ2) is 6.71. The van der Waals surface area contributed by atoms with E-state index >= 15 is 0 Å². The number of hydrogen-bond acceptors (Lipinski definition) is 4. The number of hydrogen-bond donors (Lipinski definition) is 2. The van der Waals surface area contributed by atoms with E-state index in [4.69, 9.17) is 4.74 Å². The lowest BCUT2D eigenvalue weighted by Crippen LogP contribution is -2.38. The van der Waals surface area contributed by atoms with E-state index in [-0.39, 0.29) is 12.1 Å². The van der Waals surface area contributed by atoms with E-state index in [0.29, 0.717) is 6.61 Å². The molecule has 2 atom stereocenters. The summed E-state index contributed by atoms with van der Waals surface area (Å²) >= 11 is 1.77. The lowest BCUT2D eigenvalue weighted by molar-refractivity contribution is 0.0935. The predicted molar refractivity (Wildman–Crippen MR) is 102 cm³/mol. The summed E-state index contributed by atoms with van der Waals surface area (Å²) in [7, 11) is 0. The standard InChI is InChI=1S/C20H24N2O2S/c1-3-12-5-10-15-16(11-12)25-20-17(15)19(23)21-18(22-20)13-6-8-14(9-7-13)24-4-2/h6-9,12,18,22H,3-5,10-11H2,1-2H3,(H,21,23)/t12-,18+/m0/s1. The maximum absolute atomic E-state index is 12.8. The van der Waals surface area contributed by atoms with Gasteiger partial charge in [-0.1, -0.05) is 25.5 Å². The van der Waals surface area contributed by atoms with E-state index in [0.717, 1.165) is 40.6 Å². The lowest BCUT2D eigenvalue weighted by Gasteiger charge is -2.27. The van der Waals surface area contributed by atoms with Gasteiger partial charge >= 0.3 is 0 Å². The Balaban J connectivity index is 1.59. The van der Waals surface area contributed by atoms with Gasteiger partial charge in [0.15, 0.2) is 0 Å². The molecule has 1 aliphatic carbocycles. The predicted octanol–water partition coefficient (Wildman–Crippen LogP) is 4.52. The molecule has 0 saturated carbocycles. The van der Waals surface area contributed by atoms with Crippen molar-refractivity contribution in [3.63, 3.8) is 0 Å². The summed E-state index contributed by atoms with van der Waals surface area (Å²) in [4.78, 5) is 14.2. The molecule has 0 fully saturated rings. The maximum Gasteiger partial charge on any atom is 0.256 e. The molecule has 5 heteroatoms. The second-order valence-electron chi connectivity index (χ2n) is 6.78. The highest BCUT2D eigenvalue weighted by molar-refractivity contribution is 7.16. The van der Waals surface area contributed by atoms with Crippen LogP contribution in [0.5, 0.6) is 5.75 Å². The van der Waals surface area contributed by atoms with Crippen LogP contribution in [0.3, 0.4) is 0 Å². The molecule has 132 valence electrons. The minimum Gasteiger partial charge on any atom is -0.494 e. The topological polar surface area (TPSA) is 50.4 Å². The Morgan fingerprint density at radius 3 is 2.72 bits per heavy atom. The largest absolute Gasteiger partial charge is 0.494 e. The number of nitrogens with one attached hydrogen (secondary N) is 2. The van der Waals surface area contributed by atoms with Gasteiger partial charge in [-0.2, -0.15) is 0 Å². The van der Waals surface area contributed by atoms with Gasteiger partial charge in [0.05, 0.1) is 12.2 Å². The molecular formula is C20H24N2O2S. The van der Waals surface area contributed by atoms with Crippen LogP contribution in [0.2, 0.25) is 0 Å². The molecule has 0 spiro atoms. The van der Waals surface area contributed by atoms with Gasteiger partial charge in [0.1, 0.15) is 16.9 Å². The van der Waals surface area contributed by atoms with Gasteiger partial charge in [-0.3, -0.25) is 4.79 Å². The number of carbonyl (C=O) groups is 1. The summed E-state index contributed by atoms with van der Waals surface area (Å²) in [5.74, 6) is 1.67. The van der Waals surface area contributed by atoms with Crippen LogP contribution in [-0.2, 0) is 12.8 Å². The van der Waals surface area contributed by atoms with Crippen molar-refractivity contribution in [1.29, 1.82) is 0 Å². The highest BCUT2D eigenvalue weighted by atomic mass is 32.1. The van der Waals surface area contributed by atoms with Crippen LogP contribution in [0.4, 0.5) is 5.00 Å². The molecule has 2 aliphatic rings. The second-order valence-corrected chi connectivity index (χ2v) is 7.88. The zero-order chi connectivity index (χ0) is 17.4. The highest BCUT2D eigenvalue weighted by Crippen LogP contribution is 2.43. The van der Waals surface area contributed by atoms with Gasteiger partial charge in [-0.25, -0.2) is 0 Å². The highest BCUT2D eigenvalue weighted by Gasteiger charge is 2.33. The third kappa shape index (κ3) is 3.01. The zero-order valence-electron chi connectivity index (χ0n) is 14.7. The van der Waals surface area contributed by atoms with Crippen molar-refractivity contribution in [2.24, 2.45) is 5.92 Å². The molecular weight excluding hydrogens is 332 g/mol. The summed E-state index contributed by atoms with van der Waals surface area (Å²) in [6, 6.07) is 7.92. The Labute approximate surface area is 152 Å². The Morgan fingerprint density at radius 2 is 2.00 bits per heavy atom. The summed E-state index contributed by atoms with van der Waals surface area (Å²) in [6.45, 7) is 4.89. The number of anilines is 1. The average molecular weight is 356 g/mol. The van der Waals surface area contributed by atoms with Crippen molar-refractivity contribution in [2.45, 2.75) is 45.7 Å². The van der Waals surface area contributed by atoms with Crippen LogP contribution >= 0.6 is 11.3 Å². The summed E-state index contributed by atoms with van der Waals surface area (Å²) in [5, 5.41) is 7.68. The molecule has 2 heterocycles. The first-order valence-corrected chi connectivity index (χ1v) is 9.96. The Morgan fingerprint density at radius 1 is 1.20 bits per heavy atom. The first-order valence-electron chi connectivity index (χ1n) is 9.14. The van der Waals surface area contributed by atoms with Gasteiger partial charge in [-0.05, 0) is 55.4 Å². The van der Waals surface area contributed by atoms with Crippen molar-refractivity contribution in [1.82, 2.24) is 5.32 Å². The van der Waals surface area contributed by atoms with E-state index < -0.39 is 0 Å². The minimum absolute atomic E-state index is 0.0556. The molecule has 1 aromatic heterocycles. The first kappa shape index (κ1) is 16.5. The monoisotopic (exact) mass is 356 g/mol.